The Kier molecular flexibility index (Phi) is 5.92. The molecule has 1 heterocycles. The molecule has 0 aromatic heterocycles. The van der Waals surface area contributed by atoms with Crippen LogP contribution in [0.1, 0.15) is 19.8 Å². The molecular weight excluding hydrogens is 224 g/mol. The van der Waals surface area contributed by atoms with Gasteiger partial charge in [-0.05, 0) is 26.3 Å². The van der Waals surface area contributed by atoms with Crippen LogP contribution in [0.3, 0.4) is 0 Å². The maximum Gasteiger partial charge on any atom is 0.337 e. The number of ether oxygens (including phenoxy) is 2. The van der Waals surface area contributed by atoms with Crippen LogP contribution in [0.2, 0.25) is 12.6 Å². The molecule has 0 aliphatic carbocycles. The lowest BCUT2D eigenvalue weighted by molar-refractivity contribution is 0.0663. The molecule has 1 saturated heterocycles. The van der Waals surface area contributed by atoms with Gasteiger partial charge in [0.1, 0.15) is 0 Å². The Morgan fingerprint density at radius 3 is 2.50 bits per heavy atom. The van der Waals surface area contributed by atoms with Crippen LogP contribution in [-0.4, -0.2) is 48.2 Å². The summed E-state index contributed by atoms with van der Waals surface area (Å²) >= 11 is 0. The standard InChI is InChI=1S/C11H24O4Si/c1-10(9-16(4,12-2)13-3)14-7-5-6-11-8-15-11/h10-11H,5-9H2,1-4H3. The molecule has 16 heavy (non-hydrogen) atoms. The predicted molar refractivity (Wildman–Crippen MR) is 64.8 cm³/mol. The first kappa shape index (κ1) is 14.1. The summed E-state index contributed by atoms with van der Waals surface area (Å²) in [6.45, 7) is 5.88. The van der Waals surface area contributed by atoms with E-state index in [1.807, 2.05) is 0 Å². The average molecular weight is 248 g/mol. The minimum Gasteiger partial charge on any atom is -0.398 e. The van der Waals surface area contributed by atoms with Gasteiger partial charge >= 0.3 is 8.56 Å². The highest BCUT2D eigenvalue weighted by Crippen LogP contribution is 2.18. The predicted octanol–water partition coefficient (Wildman–Crippen LogP) is 1.94. The minimum atomic E-state index is -1.98. The molecule has 2 unspecified atom stereocenters. The summed E-state index contributed by atoms with van der Waals surface area (Å²) < 4.78 is 21.7. The molecule has 0 N–H and O–H groups in total. The van der Waals surface area contributed by atoms with E-state index in [1.165, 1.54) is 0 Å². The van der Waals surface area contributed by atoms with Gasteiger partial charge in [-0.1, -0.05) is 0 Å². The monoisotopic (exact) mass is 248 g/mol. The zero-order chi connectivity index (χ0) is 12.0. The highest BCUT2D eigenvalue weighted by molar-refractivity contribution is 6.66. The van der Waals surface area contributed by atoms with Crippen molar-refractivity contribution in [3.63, 3.8) is 0 Å². The molecule has 0 aromatic rings. The molecule has 4 nitrogen and oxygen atoms in total. The number of hydrogen-bond acceptors (Lipinski definition) is 4. The second-order valence-electron chi connectivity index (χ2n) is 4.53. The second-order valence-corrected chi connectivity index (χ2v) is 8.02. The summed E-state index contributed by atoms with van der Waals surface area (Å²) in [7, 11) is 1.45. The van der Waals surface area contributed by atoms with Gasteiger partial charge < -0.3 is 18.3 Å². The minimum absolute atomic E-state index is 0.205. The Morgan fingerprint density at radius 1 is 1.38 bits per heavy atom. The maximum atomic E-state index is 5.74. The Morgan fingerprint density at radius 2 is 2.00 bits per heavy atom. The molecule has 5 heteroatoms. The number of rotatable bonds is 9. The van der Waals surface area contributed by atoms with Crippen molar-refractivity contribution in [1.29, 1.82) is 0 Å². The first-order chi connectivity index (χ1) is 7.59. The van der Waals surface area contributed by atoms with Gasteiger partial charge in [-0.2, -0.15) is 0 Å². The first-order valence-electron chi connectivity index (χ1n) is 5.93. The summed E-state index contributed by atoms with van der Waals surface area (Å²) in [6, 6.07) is 0.875. The van der Waals surface area contributed by atoms with E-state index >= 15 is 0 Å². The molecule has 96 valence electrons. The third-order valence-electron chi connectivity index (χ3n) is 3.00. The Bertz CT molecular complexity index is 192. The average Bonchev–Trinajstić information content (AvgIpc) is 3.08. The molecule has 1 rings (SSSR count). The summed E-state index contributed by atoms with van der Waals surface area (Å²) in [4.78, 5) is 0. The van der Waals surface area contributed by atoms with E-state index in [0.717, 1.165) is 32.1 Å². The maximum absolute atomic E-state index is 5.74. The zero-order valence-corrected chi connectivity index (χ0v) is 11.8. The molecule has 0 spiro atoms. The quantitative estimate of drug-likeness (QED) is 0.355. The summed E-state index contributed by atoms with van der Waals surface area (Å²) in [5, 5.41) is 0. The molecule has 1 aliphatic heterocycles. The molecule has 0 saturated carbocycles. The number of hydrogen-bond donors (Lipinski definition) is 0. The van der Waals surface area contributed by atoms with Crippen LogP contribution in [0.25, 0.3) is 0 Å². The van der Waals surface area contributed by atoms with Crippen molar-refractivity contribution in [3.8, 4) is 0 Å². The van der Waals surface area contributed by atoms with Crippen molar-refractivity contribution in [3.05, 3.63) is 0 Å². The van der Waals surface area contributed by atoms with E-state index in [0.29, 0.717) is 6.10 Å². The van der Waals surface area contributed by atoms with Gasteiger partial charge in [-0.15, -0.1) is 0 Å². The van der Waals surface area contributed by atoms with E-state index in [4.69, 9.17) is 18.3 Å². The van der Waals surface area contributed by atoms with Crippen molar-refractivity contribution in [2.45, 2.75) is 44.6 Å². The van der Waals surface area contributed by atoms with E-state index in [9.17, 15) is 0 Å². The van der Waals surface area contributed by atoms with Gasteiger partial charge in [0, 0.05) is 26.9 Å². The van der Waals surface area contributed by atoms with E-state index in [-0.39, 0.29) is 6.10 Å². The van der Waals surface area contributed by atoms with Crippen LogP contribution in [-0.2, 0) is 18.3 Å². The van der Waals surface area contributed by atoms with Crippen LogP contribution >= 0.6 is 0 Å². The van der Waals surface area contributed by atoms with Crippen molar-refractivity contribution in [2.75, 3.05) is 27.4 Å². The summed E-state index contributed by atoms with van der Waals surface area (Å²) in [6.07, 6.45) is 2.91. The van der Waals surface area contributed by atoms with Gasteiger partial charge in [-0.25, -0.2) is 0 Å². The fraction of sp³-hybridized carbons (Fsp3) is 1.00. The summed E-state index contributed by atoms with van der Waals surface area (Å²) in [5.74, 6) is 0. The molecule has 0 amide bonds. The topological polar surface area (TPSA) is 40.2 Å². The molecule has 1 fully saturated rings. The van der Waals surface area contributed by atoms with E-state index in [2.05, 4.69) is 13.5 Å². The molecule has 2 atom stereocenters. The zero-order valence-electron chi connectivity index (χ0n) is 10.8. The molecule has 0 aromatic carbocycles. The molecule has 0 bridgehead atoms. The smallest absolute Gasteiger partial charge is 0.337 e. The third-order valence-corrected chi connectivity index (χ3v) is 6.04. The molecule has 0 radical (unpaired) electrons. The van der Waals surface area contributed by atoms with Crippen LogP contribution in [0.15, 0.2) is 0 Å². The lowest BCUT2D eigenvalue weighted by Gasteiger charge is -2.26. The number of epoxide rings is 1. The molecule has 1 aliphatic rings. The fourth-order valence-corrected chi connectivity index (χ4v) is 3.32. The van der Waals surface area contributed by atoms with Crippen LogP contribution in [0, 0.1) is 0 Å². The molecular formula is C11H24O4Si. The highest BCUT2D eigenvalue weighted by Gasteiger charge is 2.31. The Labute approximate surface area is 99.5 Å². The Balaban J connectivity index is 2.05. The van der Waals surface area contributed by atoms with Crippen molar-refractivity contribution < 1.29 is 18.3 Å². The third kappa shape index (κ3) is 5.40. The normalized spacial score (nSPS) is 22.1. The first-order valence-corrected chi connectivity index (χ1v) is 8.45. The largest absolute Gasteiger partial charge is 0.398 e. The SMILES string of the molecule is CO[Si](C)(CC(C)OCCCC1CO1)OC. The van der Waals surface area contributed by atoms with Gasteiger partial charge in [0.2, 0.25) is 0 Å². The Hall–Kier alpha value is 0.0569. The van der Waals surface area contributed by atoms with Gasteiger partial charge in [-0.3, -0.25) is 0 Å². The summed E-state index contributed by atoms with van der Waals surface area (Å²) in [5.41, 5.74) is 0. The lowest BCUT2D eigenvalue weighted by Crippen LogP contribution is -2.39. The highest BCUT2D eigenvalue weighted by atomic mass is 28.4. The van der Waals surface area contributed by atoms with Crippen LogP contribution in [0.4, 0.5) is 0 Å². The van der Waals surface area contributed by atoms with Crippen molar-refractivity contribution in [2.24, 2.45) is 0 Å². The van der Waals surface area contributed by atoms with Gasteiger partial charge in [0.05, 0.1) is 18.8 Å². The van der Waals surface area contributed by atoms with Crippen LogP contribution < -0.4 is 0 Å². The fourth-order valence-electron chi connectivity index (χ4n) is 1.66. The second kappa shape index (κ2) is 6.71. The van der Waals surface area contributed by atoms with E-state index < -0.39 is 8.56 Å². The van der Waals surface area contributed by atoms with Crippen molar-refractivity contribution >= 4 is 8.56 Å². The van der Waals surface area contributed by atoms with Crippen molar-refractivity contribution in [1.82, 2.24) is 0 Å². The van der Waals surface area contributed by atoms with Gasteiger partial charge in [0.25, 0.3) is 0 Å². The van der Waals surface area contributed by atoms with E-state index in [1.54, 1.807) is 14.2 Å². The lowest BCUT2D eigenvalue weighted by atomic mass is 10.2. The van der Waals surface area contributed by atoms with Crippen LogP contribution in [0.5, 0.6) is 0 Å². The van der Waals surface area contributed by atoms with Gasteiger partial charge in [0.15, 0.2) is 0 Å².